The Bertz CT molecular complexity index is 2100. The molecule has 4 heterocycles. The Hall–Kier alpha value is -4.22. The van der Waals surface area contributed by atoms with E-state index in [0.717, 1.165) is 10.4 Å². The maximum Gasteiger partial charge on any atom is 0.426 e. The van der Waals surface area contributed by atoms with E-state index in [1.54, 1.807) is 40.7 Å². The number of rotatable bonds is 12. The van der Waals surface area contributed by atoms with E-state index in [-0.39, 0.29) is 43.9 Å². The van der Waals surface area contributed by atoms with Gasteiger partial charge in [0.05, 0.1) is 35.9 Å². The third-order valence-electron chi connectivity index (χ3n) is 14.5. The summed E-state index contributed by atoms with van der Waals surface area (Å²) in [7, 11) is 5.57. The number of alkyl carbamates (subject to hydrolysis) is 1. The van der Waals surface area contributed by atoms with Gasteiger partial charge in [0.2, 0.25) is 0 Å². The first-order valence-corrected chi connectivity index (χ1v) is 26.4. The lowest BCUT2D eigenvalue weighted by Gasteiger charge is -2.49. The van der Waals surface area contributed by atoms with Crippen LogP contribution in [0.4, 0.5) is 9.59 Å². The fourth-order valence-electron chi connectivity index (χ4n) is 10.6. The third-order valence-corrected chi connectivity index (χ3v) is 15.3. The van der Waals surface area contributed by atoms with E-state index >= 15 is 0 Å². The number of amides is 3. The first-order chi connectivity index (χ1) is 34.3. The minimum Gasteiger partial charge on any atom is -0.459 e. The molecule has 3 aliphatic heterocycles. The molecule has 0 radical (unpaired) electrons. The summed E-state index contributed by atoms with van der Waals surface area (Å²) in [5, 5.41) is 41.4. The van der Waals surface area contributed by atoms with Crippen LogP contribution in [0.25, 0.3) is 6.08 Å². The zero-order valence-corrected chi connectivity index (χ0v) is 45.7. The van der Waals surface area contributed by atoms with Gasteiger partial charge in [0, 0.05) is 53.9 Å². The molecule has 0 bridgehead atoms. The van der Waals surface area contributed by atoms with Gasteiger partial charge in [-0.15, -0.1) is 11.3 Å². The quantitative estimate of drug-likeness (QED) is 0.0657. The summed E-state index contributed by atoms with van der Waals surface area (Å²) in [5.74, 6) is -3.51. The zero-order valence-electron chi connectivity index (χ0n) is 44.9. The molecule has 3 fully saturated rings. The number of thiophene rings is 1. The number of carbonyl (C=O) groups is 4. The maximum atomic E-state index is 14.7. The highest BCUT2D eigenvalue weighted by molar-refractivity contribution is 7.10. The van der Waals surface area contributed by atoms with E-state index in [1.807, 2.05) is 113 Å². The highest BCUT2D eigenvalue weighted by atomic mass is 32.1. The van der Waals surface area contributed by atoms with Crippen LogP contribution >= 0.6 is 11.3 Å². The molecule has 3 amide bonds. The molecule has 19 nitrogen and oxygen atoms in total. The Kier molecular flexibility index (Phi) is 21.7. The standard InChI is InChI=1S/C53H83N5O14S/c1-14-39-43(61)45(70-50(63)54-28-36-19-16-15-17-20-36)34(6)58(13)29-30(2)26-53(10,65)46(71-49-42(60)38(57(11)12)25-31(3)66-49)32(4)44(33(5)48(62)68-39)69-41-27-52(8,9)47(35(7)67-41)72-51(64)56-55-40(59)23-22-37-21-18-24-73-37/h15-24,30-35,38-39,41-47,49,60-61,65H,14,25-29H2,1-13H3,(H,54,63)(H,55,59)(H,56,64)/b23-22+/t30-,31-,32+,33-,34-,35+,38+,39-,41+,42-,43+,44+,45-,46-,47+,49+,53+/m1/s1. The van der Waals surface area contributed by atoms with Crippen molar-refractivity contribution in [2.75, 3.05) is 27.7 Å². The Balaban J connectivity index is 1.46. The SMILES string of the molecule is CC[C@H]1OC(=O)[C@H](C)[C@@H](O[C@H]2CC(C)(C)[C@@H](OC(=O)NNC(=O)/C=C/c3cccs3)[C@H](C)O2)[C@H](C)[C@@H](O[C@@H]2O[C@H](C)C[C@H](N(C)C)[C@H]2O)[C@@](C)(O)C[C@@H](C)CN(C)[C@H](C)[C@@H](OC(=O)NCc2ccccc2)[C@H]1O. The molecule has 410 valence electrons. The van der Waals surface area contributed by atoms with Gasteiger partial charge in [-0.3, -0.25) is 19.9 Å². The van der Waals surface area contributed by atoms with Crippen molar-refractivity contribution < 1.29 is 67.7 Å². The zero-order chi connectivity index (χ0) is 53.9. The molecule has 0 unspecified atom stereocenters. The number of nitrogens with zero attached hydrogens (tertiary/aromatic N) is 2. The van der Waals surface area contributed by atoms with E-state index < -0.39 is 114 Å². The lowest BCUT2D eigenvalue weighted by Crippen LogP contribution is -2.60. The van der Waals surface area contributed by atoms with Crippen molar-refractivity contribution in [3.63, 3.8) is 0 Å². The fraction of sp³-hybridized carbons (Fsp3) is 0.698. The summed E-state index contributed by atoms with van der Waals surface area (Å²) in [4.78, 5) is 58.4. The largest absolute Gasteiger partial charge is 0.459 e. The van der Waals surface area contributed by atoms with Crippen molar-refractivity contribution in [1.82, 2.24) is 26.0 Å². The van der Waals surface area contributed by atoms with Gasteiger partial charge in [0.15, 0.2) is 12.6 Å². The lowest BCUT2D eigenvalue weighted by atomic mass is 9.77. The Morgan fingerprint density at radius 2 is 1.59 bits per heavy atom. The predicted octanol–water partition coefficient (Wildman–Crippen LogP) is 5.61. The highest BCUT2D eigenvalue weighted by Gasteiger charge is 2.52. The molecule has 6 N–H and O–H groups in total. The van der Waals surface area contributed by atoms with Crippen LogP contribution in [0.3, 0.4) is 0 Å². The number of nitrogens with one attached hydrogen (secondary N) is 3. The first-order valence-electron chi connectivity index (χ1n) is 25.6. The molecule has 3 aliphatic rings. The van der Waals surface area contributed by atoms with Gasteiger partial charge in [-0.25, -0.2) is 15.0 Å². The molecule has 1 aromatic heterocycles. The van der Waals surface area contributed by atoms with Crippen LogP contribution in [0.5, 0.6) is 0 Å². The van der Waals surface area contributed by atoms with Crippen LogP contribution < -0.4 is 16.2 Å². The van der Waals surface area contributed by atoms with Crippen LogP contribution in [0.1, 0.15) is 105 Å². The van der Waals surface area contributed by atoms with E-state index in [9.17, 15) is 34.5 Å². The smallest absolute Gasteiger partial charge is 0.426 e. The summed E-state index contributed by atoms with van der Waals surface area (Å²) in [6, 6.07) is 12.1. The number of hydrogen-bond acceptors (Lipinski definition) is 17. The van der Waals surface area contributed by atoms with Crippen molar-refractivity contribution in [2.24, 2.45) is 23.2 Å². The van der Waals surface area contributed by atoms with Crippen LogP contribution in [-0.2, 0) is 49.3 Å². The fourth-order valence-corrected chi connectivity index (χ4v) is 11.2. The highest BCUT2D eigenvalue weighted by Crippen LogP contribution is 2.42. The second-order valence-corrected chi connectivity index (χ2v) is 22.5. The van der Waals surface area contributed by atoms with Crippen molar-refractivity contribution in [3.8, 4) is 0 Å². The molecular weight excluding hydrogens is 963 g/mol. The normalized spacial score (nSPS) is 36.0. The summed E-state index contributed by atoms with van der Waals surface area (Å²) in [5.41, 5.74) is 3.01. The number of ether oxygens (including phenoxy) is 7. The molecule has 0 spiro atoms. The molecule has 2 aromatic rings. The summed E-state index contributed by atoms with van der Waals surface area (Å²) >= 11 is 1.46. The van der Waals surface area contributed by atoms with Crippen LogP contribution in [-0.4, -0.2) is 162 Å². The molecule has 0 saturated carbocycles. The molecule has 0 aliphatic carbocycles. The minimum atomic E-state index is -1.66. The van der Waals surface area contributed by atoms with Crippen LogP contribution in [0.15, 0.2) is 53.9 Å². The Morgan fingerprint density at radius 1 is 0.890 bits per heavy atom. The molecular formula is C53H83N5O14S. The van der Waals surface area contributed by atoms with Gasteiger partial charge >= 0.3 is 18.2 Å². The maximum absolute atomic E-state index is 14.7. The number of likely N-dealkylation sites (N-methyl/N-ethyl adjacent to an activating group) is 2. The average Bonchev–Trinajstić information content (AvgIpc) is 3.86. The lowest BCUT2D eigenvalue weighted by molar-refractivity contribution is -0.312. The monoisotopic (exact) mass is 1050 g/mol. The van der Waals surface area contributed by atoms with Crippen LogP contribution in [0, 0.1) is 23.2 Å². The number of benzene rings is 1. The van der Waals surface area contributed by atoms with Crippen molar-refractivity contribution in [2.45, 2.75) is 187 Å². The average molecular weight is 1050 g/mol. The van der Waals surface area contributed by atoms with E-state index in [2.05, 4.69) is 16.2 Å². The van der Waals surface area contributed by atoms with Gasteiger partial charge < -0.3 is 58.7 Å². The molecule has 20 heteroatoms. The van der Waals surface area contributed by atoms with Crippen molar-refractivity contribution in [1.29, 1.82) is 0 Å². The number of hydrogen-bond donors (Lipinski definition) is 6. The number of esters is 1. The van der Waals surface area contributed by atoms with Gasteiger partial charge in [-0.2, -0.15) is 0 Å². The topological polar surface area (TPSA) is 236 Å². The van der Waals surface area contributed by atoms with E-state index in [4.69, 9.17) is 33.2 Å². The van der Waals surface area contributed by atoms with E-state index in [1.165, 1.54) is 17.4 Å². The van der Waals surface area contributed by atoms with Gasteiger partial charge in [-0.05, 0) is 104 Å². The molecule has 17 atom stereocenters. The van der Waals surface area contributed by atoms with Gasteiger partial charge in [0.1, 0.15) is 30.5 Å². The van der Waals surface area contributed by atoms with Gasteiger partial charge in [0.25, 0.3) is 5.91 Å². The summed E-state index contributed by atoms with van der Waals surface area (Å²) in [6.07, 6.45) is -9.00. The number of hydrazine groups is 1. The minimum absolute atomic E-state index is 0.153. The number of aliphatic hydroxyl groups is 3. The predicted molar refractivity (Wildman–Crippen MR) is 274 cm³/mol. The molecule has 73 heavy (non-hydrogen) atoms. The number of cyclic esters (lactones) is 1. The summed E-state index contributed by atoms with van der Waals surface area (Å²) < 4.78 is 44.6. The summed E-state index contributed by atoms with van der Waals surface area (Å²) in [6.45, 7) is 18.6. The van der Waals surface area contributed by atoms with Crippen molar-refractivity contribution in [3.05, 3.63) is 64.4 Å². The van der Waals surface area contributed by atoms with Gasteiger partial charge in [-0.1, -0.05) is 71.0 Å². The second-order valence-electron chi connectivity index (χ2n) is 21.6. The second kappa shape index (κ2) is 26.5. The first kappa shape index (κ1) is 59.7. The molecule has 1 aromatic carbocycles. The number of carbonyl (C=O) groups excluding carboxylic acids is 4. The molecule has 3 saturated heterocycles. The molecule has 5 rings (SSSR count). The third kappa shape index (κ3) is 16.4. The number of aliphatic hydroxyl groups excluding tert-OH is 2. The Morgan fingerprint density at radius 3 is 2.22 bits per heavy atom. The Labute approximate surface area is 435 Å². The van der Waals surface area contributed by atoms with Crippen LogP contribution in [0.2, 0.25) is 0 Å². The van der Waals surface area contributed by atoms with E-state index in [0.29, 0.717) is 13.0 Å². The van der Waals surface area contributed by atoms with Crippen molar-refractivity contribution >= 4 is 41.5 Å².